The molecular formula is C16H25N3O2. The van der Waals surface area contributed by atoms with E-state index in [1.54, 1.807) is 14.1 Å². The van der Waals surface area contributed by atoms with Crippen LogP contribution in [0.3, 0.4) is 0 Å². The Hall–Kier alpha value is -1.88. The third-order valence-electron chi connectivity index (χ3n) is 3.33. The van der Waals surface area contributed by atoms with Crippen LogP contribution in [0.2, 0.25) is 0 Å². The van der Waals surface area contributed by atoms with Gasteiger partial charge in [0.1, 0.15) is 6.04 Å². The molecule has 0 aromatic heterocycles. The topological polar surface area (TPSA) is 66.6 Å². The third kappa shape index (κ3) is 4.86. The largest absolute Gasteiger partial charge is 0.347 e. The van der Waals surface area contributed by atoms with Crippen molar-refractivity contribution in [2.75, 3.05) is 27.2 Å². The van der Waals surface area contributed by atoms with Crippen LogP contribution in [0.25, 0.3) is 0 Å². The van der Waals surface area contributed by atoms with Gasteiger partial charge in [-0.05, 0) is 18.9 Å². The molecule has 2 N–H and O–H groups in total. The van der Waals surface area contributed by atoms with E-state index >= 15 is 0 Å². The number of benzene rings is 1. The Morgan fingerprint density at radius 2 is 1.76 bits per heavy atom. The van der Waals surface area contributed by atoms with Crippen LogP contribution in [0.1, 0.15) is 30.5 Å². The van der Waals surface area contributed by atoms with Gasteiger partial charge in [0.15, 0.2) is 0 Å². The Bertz CT molecular complexity index is 483. The van der Waals surface area contributed by atoms with Crippen LogP contribution in [0.4, 0.5) is 0 Å². The first-order valence-corrected chi connectivity index (χ1v) is 7.18. The summed E-state index contributed by atoms with van der Waals surface area (Å²) >= 11 is 0. The maximum atomic E-state index is 12.5. The van der Waals surface area contributed by atoms with Crippen molar-refractivity contribution < 1.29 is 9.59 Å². The van der Waals surface area contributed by atoms with Crippen LogP contribution in [0.5, 0.6) is 0 Å². The normalized spacial score (nSPS) is 11.9. The lowest BCUT2D eigenvalue weighted by atomic mass is 10.0. The number of rotatable bonds is 6. The average molecular weight is 291 g/mol. The highest BCUT2D eigenvalue weighted by Crippen LogP contribution is 2.14. The van der Waals surface area contributed by atoms with Crippen molar-refractivity contribution in [3.05, 3.63) is 35.4 Å². The molecule has 0 fully saturated rings. The van der Waals surface area contributed by atoms with E-state index in [-0.39, 0.29) is 18.4 Å². The van der Waals surface area contributed by atoms with Crippen LogP contribution in [0, 0.1) is 6.92 Å². The van der Waals surface area contributed by atoms with Gasteiger partial charge in [-0.1, -0.05) is 36.8 Å². The van der Waals surface area contributed by atoms with Crippen molar-refractivity contribution in [2.45, 2.75) is 26.3 Å². The number of aryl methyl sites for hydroxylation is 1. The molecule has 1 unspecified atom stereocenters. The van der Waals surface area contributed by atoms with E-state index in [2.05, 4.69) is 0 Å². The molecular weight excluding hydrogens is 266 g/mol. The highest BCUT2D eigenvalue weighted by Gasteiger charge is 2.24. The van der Waals surface area contributed by atoms with Gasteiger partial charge in [0.05, 0.1) is 6.54 Å². The number of carbonyl (C=O) groups is 2. The Kier molecular flexibility index (Phi) is 6.37. The lowest BCUT2D eigenvalue weighted by molar-refractivity contribution is -0.140. The quantitative estimate of drug-likeness (QED) is 0.859. The highest BCUT2D eigenvalue weighted by atomic mass is 16.2. The SMILES string of the molecule is CCCN(CC(=O)N(C)C)C(=O)C(N)c1ccc(C)cc1. The molecule has 0 saturated carbocycles. The van der Waals surface area contributed by atoms with Crippen LogP contribution < -0.4 is 5.73 Å². The maximum Gasteiger partial charge on any atom is 0.244 e. The lowest BCUT2D eigenvalue weighted by Crippen LogP contribution is -2.44. The summed E-state index contributed by atoms with van der Waals surface area (Å²) in [4.78, 5) is 27.3. The molecule has 1 aromatic carbocycles. The zero-order chi connectivity index (χ0) is 16.0. The van der Waals surface area contributed by atoms with Gasteiger partial charge in [-0.2, -0.15) is 0 Å². The van der Waals surface area contributed by atoms with Crippen LogP contribution in [-0.2, 0) is 9.59 Å². The average Bonchev–Trinajstić information content (AvgIpc) is 2.45. The predicted molar refractivity (Wildman–Crippen MR) is 83.7 cm³/mol. The molecule has 1 rings (SSSR count). The van der Waals surface area contributed by atoms with Crippen molar-refractivity contribution in [1.29, 1.82) is 0 Å². The number of likely N-dealkylation sites (N-methyl/N-ethyl adjacent to an activating group) is 1. The van der Waals surface area contributed by atoms with Crippen molar-refractivity contribution in [1.82, 2.24) is 9.80 Å². The van der Waals surface area contributed by atoms with E-state index in [4.69, 9.17) is 5.73 Å². The van der Waals surface area contributed by atoms with Gasteiger partial charge in [0.25, 0.3) is 0 Å². The number of nitrogens with two attached hydrogens (primary N) is 1. The van der Waals surface area contributed by atoms with Gasteiger partial charge in [0, 0.05) is 20.6 Å². The van der Waals surface area contributed by atoms with Crippen LogP contribution in [-0.4, -0.2) is 48.8 Å². The van der Waals surface area contributed by atoms with Crippen molar-refractivity contribution >= 4 is 11.8 Å². The first kappa shape index (κ1) is 17.2. The predicted octanol–water partition coefficient (Wildman–Crippen LogP) is 1.32. The Morgan fingerprint density at radius 1 is 1.19 bits per heavy atom. The molecule has 1 aromatic rings. The van der Waals surface area contributed by atoms with Crippen LogP contribution >= 0.6 is 0 Å². The summed E-state index contributed by atoms with van der Waals surface area (Å²) in [5, 5.41) is 0. The van der Waals surface area contributed by atoms with Gasteiger partial charge >= 0.3 is 0 Å². The summed E-state index contributed by atoms with van der Waals surface area (Å²) in [6.45, 7) is 4.55. The molecule has 116 valence electrons. The summed E-state index contributed by atoms with van der Waals surface area (Å²) in [6, 6.07) is 6.84. The molecule has 0 aliphatic carbocycles. The fourth-order valence-electron chi connectivity index (χ4n) is 1.95. The highest BCUT2D eigenvalue weighted by molar-refractivity contribution is 5.88. The molecule has 5 heteroatoms. The number of hydrogen-bond acceptors (Lipinski definition) is 3. The number of nitrogens with zero attached hydrogens (tertiary/aromatic N) is 2. The van der Waals surface area contributed by atoms with Crippen molar-refractivity contribution in [2.24, 2.45) is 5.73 Å². The number of carbonyl (C=O) groups excluding carboxylic acids is 2. The van der Waals surface area contributed by atoms with Gasteiger partial charge < -0.3 is 15.5 Å². The molecule has 1 atom stereocenters. The summed E-state index contributed by atoms with van der Waals surface area (Å²) in [7, 11) is 3.35. The zero-order valence-electron chi connectivity index (χ0n) is 13.3. The third-order valence-corrected chi connectivity index (χ3v) is 3.33. The Balaban J connectivity index is 2.84. The molecule has 0 bridgehead atoms. The maximum absolute atomic E-state index is 12.5. The first-order valence-electron chi connectivity index (χ1n) is 7.18. The minimum atomic E-state index is -0.730. The molecule has 5 nitrogen and oxygen atoms in total. The molecule has 0 spiro atoms. The minimum Gasteiger partial charge on any atom is -0.347 e. The second-order valence-corrected chi connectivity index (χ2v) is 5.44. The van der Waals surface area contributed by atoms with Gasteiger partial charge in [-0.25, -0.2) is 0 Å². The Labute approximate surface area is 126 Å². The first-order chi connectivity index (χ1) is 9.86. The molecule has 2 amide bonds. The van der Waals surface area contributed by atoms with Gasteiger partial charge in [-0.3, -0.25) is 9.59 Å². The Morgan fingerprint density at radius 3 is 2.24 bits per heavy atom. The van der Waals surface area contributed by atoms with Crippen molar-refractivity contribution in [3.8, 4) is 0 Å². The monoisotopic (exact) mass is 291 g/mol. The summed E-state index contributed by atoms with van der Waals surface area (Å²) < 4.78 is 0. The molecule has 0 saturated heterocycles. The fourth-order valence-corrected chi connectivity index (χ4v) is 1.95. The molecule has 0 heterocycles. The smallest absolute Gasteiger partial charge is 0.244 e. The van der Waals surface area contributed by atoms with E-state index in [0.29, 0.717) is 6.54 Å². The lowest BCUT2D eigenvalue weighted by Gasteiger charge is -2.26. The molecule has 0 aliphatic rings. The summed E-state index contributed by atoms with van der Waals surface area (Å²) in [5.74, 6) is -0.316. The molecule has 0 radical (unpaired) electrons. The summed E-state index contributed by atoms with van der Waals surface area (Å²) in [6.07, 6.45) is 0.785. The second kappa shape index (κ2) is 7.78. The van der Waals surface area contributed by atoms with Crippen LogP contribution in [0.15, 0.2) is 24.3 Å². The van der Waals surface area contributed by atoms with E-state index in [1.807, 2.05) is 38.1 Å². The standard InChI is InChI=1S/C16H25N3O2/c1-5-10-19(11-14(20)18(3)4)16(21)15(17)13-8-6-12(2)7-9-13/h6-9,15H,5,10-11,17H2,1-4H3. The van der Waals surface area contributed by atoms with E-state index in [0.717, 1.165) is 17.5 Å². The van der Waals surface area contributed by atoms with E-state index < -0.39 is 6.04 Å². The molecule has 21 heavy (non-hydrogen) atoms. The number of hydrogen-bond donors (Lipinski definition) is 1. The fraction of sp³-hybridized carbons (Fsp3) is 0.500. The number of amides is 2. The minimum absolute atomic E-state index is 0.0687. The van der Waals surface area contributed by atoms with Gasteiger partial charge in [-0.15, -0.1) is 0 Å². The van der Waals surface area contributed by atoms with Gasteiger partial charge in [0.2, 0.25) is 11.8 Å². The summed E-state index contributed by atoms with van der Waals surface area (Å²) in [5.41, 5.74) is 7.94. The molecule has 0 aliphatic heterocycles. The zero-order valence-corrected chi connectivity index (χ0v) is 13.3. The van der Waals surface area contributed by atoms with Crippen molar-refractivity contribution in [3.63, 3.8) is 0 Å². The van der Waals surface area contributed by atoms with E-state index in [9.17, 15) is 9.59 Å². The van der Waals surface area contributed by atoms with E-state index in [1.165, 1.54) is 9.80 Å². The second-order valence-electron chi connectivity index (χ2n) is 5.44.